The highest BCUT2D eigenvalue weighted by Gasteiger charge is 2.32. The van der Waals surface area contributed by atoms with Crippen LogP contribution in [0.15, 0.2) is 48.6 Å². The van der Waals surface area contributed by atoms with Gasteiger partial charge in [-0.05, 0) is 116 Å². The number of hydrogen-bond donors (Lipinski definition) is 0. The van der Waals surface area contributed by atoms with Crippen LogP contribution in [0.25, 0.3) is 10.8 Å². The molecule has 1 unspecified atom stereocenters. The second kappa shape index (κ2) is 9.50. The molecule has 2 aliphatic carbocycles. The van der Waals surface area contributed by atoms with Crippen molar-refractivity contribution in [2.24, 2.45) is 23.7 Å². The lowest BCUT2D eigenvalue weighted by atomic mass is 9.67. The van der Waals surface area contributed by atoms with Gasteiger partial charge in [-0.15, -0.1) is 0 Å². The van der Waals surface area contributed by atoms with Crippen LogP contribution in [0.5, 0.6) is 0 Å². The van der Waals surface area contributed by atoms with Crippen molar-refractivity contribution in [3.63, 3.8) is 0 Å². The Morgan fingerprint density at radius 1 is 0.828 bits per heavy atom. The Bertz CT molecular complexity index is 813. The van der Waals surface area contributed by atoms with Crippen LogP contribution in [0.3, 0.4) is 0 Å². The van der Waals surface area contributed by atoms with E-state index >= 15 is 0 Å². The van der Waals surface area contributed by atoms with Crippen LogP contribution in [-0.4, -0.2) is 0 Å². The van der Waals surface area contributed by atoms with Crippen LogP contribution in [0.2, 0.25) is 0 Å². The van der Waals surface area contributed by atoms with Gasteiger partial charge in [0.05, 0.1) is 0 Å². The first kappa shape index (κ1) is 20.7. The molecule has 2 fully saturated rings. The standard InChI is InChI=1S/C29H40/c1-4-6-23-8-10-24(11-9-23)21(3)25-13-15-26(16-14-25)28-18-17-27-19-22(5-2)7-12-29(27)20-28/h4,6-7,12,17-21,23-26H,5,8-11,13-16H2,1-3H3/b6-4+. The fourth-order valence-electron chi connectivity index (χ4n) is 6.29. The summed E-state index contributed by atoms with van der Waals surface area (Å²) in [6.07, 6.45) is 17.2. The third-order valence-electron chi connectivity index (χ3n) is 8.35. The van der Waals surface area contributed by atoms with E-state index in [2.05, 4.69) is 69.3 Å². The van der Waals surface area contributed by atoms with E-state index in [1.165, 1.54) is 67.7 Å². The first-order valence-electron chi connectivity index (χ1n) is 12.3. The summed E-state index contributed by atoms with van der Waals surface area (Å²) in [6.45, 7) is 6.99. The lowest BCUT2D eigenvalue weighted by Gasteiger charge is -2.39. The number of allylic oxidation sites excluding steroid dienone is 2. The number of rotatable bonds is 5. The minimum absolute atomic E-state index is 0.777. The Labute approximate surface area is 178 Å². The van der Waals surface area contributed by atoms with Crippen molar-refractivity contribution in [1.82, 2.24) is 0 Å². The van der Waals surface area contributed by atoms with Gasteiger partial charge >= 0.3 is 0 Å². The van der Waals surface area contributed by atoms with Crippen molar-refractivity contribution in [3.8, 4) is 0 Å². The average Bonchev–Trinajstić information content (AvgIpc) is 2.79. The Balaban J connectivity index is 1.34. The Hall–Kier alpha value is -1.56. The zero-order valence-corrected chi connectivity index (χ0v) is 18.9. The quantitative estimate of drug-likeness (QED) is 0.449. The van der Waals surface area contributed by atoms with Gasteiger partial charge in [0.1, 0.15) is 0 Å². The molecule has 0 radical (unpaired) electrons. The molecule has 2 aliphatic rings. The molecule has 29 heavy (non-hydrogen) atoms. The second-order valence-corrected chi connectivity index (χ2v) is 9.97. The van der Waals surface area contributed by atoms with Crippen LogP contribution < -0.4 is 0 Å². The van der Waals surface area contributed by atoms with E-state index in [1.807, 2.05) is 0 Å². The number of fused-ring (bicyclic) bond motifs is 1. The second-order valence-electron chi connectivity index (χ2n) is 9.97. The van der Waals surface area contributed by atoms with Crippen LogP contribution in [0.1, 0.15) is 89.2 Å². The van der Waals surface area contributed by atoms with E-state index in [1.54, 1.807) is 5.56 Å². The van der Waals surface area contributed by atoms with Gasteiger partial charge in [-0.3, -0.25) is 0 Å². The Morgan fingerprint density at radius 3 is 2.10 bits per heavy atom. The van der Waals surface area contributed by atoms with Crippen LogP contribution in [0.4, 0.5) is 0 Å². The van der Waals surface area contributed by atoms with E-state index in [-0.39, 0.29) is 0 Å². The fraction of sp³-hybridized carbons (Fsp3) is 0.586. The third kappa shape index (κ3) is 4.79. The van der Waals surface area contributed by atoms with Gasteiger partial charge in [0.15, 0.2) is 0 Å². The van der Waals surface area contributed by atoms with Crippen molar-refractivity contribution >= 4 is 10.8 Å². The molecule has 0 aliphatic heterocycles. The predicted octanol–water partition coefficient (Wildman–Crippen LogP) is 8.69. The largest absolute Gasteiger partial charge is 0.0914 e. The van der Waals surface area contributed by atoms with Crippen molar-refractivity contribution in [3.05, 3.63) is 59.7 Å². The van der Waals surface area contributed by atoms with Gasteiger partial charge in [-0.2, -0.15) is 0 Å². The van der Waals surface area contributed by atoms with Gasteiger partial charge in [-0.1, -0.05) is 62.4 Å². The summed E-state index contributed by atoms with van der Waals surface area (Å²) in [7, 11) is 0. The van der Waals surface area contributed by atoms with Crippen LogP contribution >= 0.6 is 0 Å². The van der Waals surface area contributed by atoms with Gasteiger partial charge in [-0.25, -0.2) is 0 Å². The highest BCUT2D eigenvalue weighted by molar-refractivity contribution is 5.84. The van der Waals surface area contributed by atoms with Crippen molar-refractivity contribution in [2.75, 3.05) is 0 Å². The number of hydrogen-bond acceptors (Lipinski definition) is 0. The number of aryl methyl sites for hydroxylation is 1. The summed E-state index contributed by atoms with van der Waals surface area (Å²) in [5.41, 5.74) is 3.03. The fourth-order valence-corrected chi connectivity index (χ4v) is 6.29. The summed E-state index contributed by atoms with van der Waals surface area (Å²) in [4.78, 5) is 0. The van der Waals surface area contributed by atoms with Gasteiger partial charge < -0.3 is 0 Å². The summed E-state index contributed by atoms with van der Waals surface area (Å²) in [5, 5.41) is 2.83. The number of benzene rings is 2. The maximum Gasteiger partial charge on any atom is -0.0162 e. The molecule has 2 aromatic rings. The first-order valence-corrected chi connectivity index (χ1v) is 12.3. The minimum Gasteiger partial charge on any atom is -0.0914 e. The normalized spacial score (nSPS) is 29.3. The van der Waals surface area contributed by atoms with E-state index in [0.29, 0.717) is 0 Å². The molecule has 0 N–H and O–H groups in total. The summed E-state index contributed by atoms with van der Waals surface area (Å²) < 4.78 is 0. The topological polar surface area (TPSA) is 0 Å². The molecule has 1 atom stereocenters. The molecular weight excluding hydrogens is 348 g/mol. The Kier molecular flexibility index (Phi) is 6.78. The molecule has 0 nitrogen and oxygen atoms in total. The maximum absolute atomic E-state index is 2.58. The van der Waals surface area contributed by atoms with Crippen molar-refractivity contribution in [1.29, 1.82) is 0 Å². The van der Waals surface area contributed by atoms with Crippen molar-refractivity contribution < 1.29 is 0 Å². The Morgan fingerprint density at radius 2 is 1.45 bits per heavy atom. The van der Waals surface area contributed by atoms with Gasteiger partial charge in [0, 0.05) is 0 Å². The lowest BCUT2D eigenvalue weighted by Crippen LogP contribution is -2.27. The SMILES string of the molecule is C/C=C/C1CCC(C(C)C2CCC(c3ccc4cc(CC)ccc4c3)CC2)CC1. The predicted molar refractivity (Wildman–Crippen MR) is 127 cm³/mol. The maximum atomic E-state index is 2.58. The lowest BCUT2D eigenvalue weighted by molar-refractivity contribution is 0.142. The summed E-state index contributed by atoms with van der Waals surface area (Å²) in [6, 6.07) is 14.3. The zero-order chi connectivity index (χ0) is 20.2. The summed E-state index contributed by atoms with van der Waals surface area (Å²) in [5.74, 6) is 4.50. The zero-order valence-electron chi connectivity index (χ0n) is 18.9. The minimum atomic E-state index is 0.777. The molecule has 4 rings (SSSR count). The molecule has 0 heterocycles. The average molecular weight is 389 g/mol. The molecule has 0 spiro atoms. The molecule has 156 valence electrons. The first-order chi connectivity index (χ1) is 14.2. The third-order valence-corrected chi connectivity index (χ3v) is 8.35. The monoisotopic (exact) mass is 388 g/mol. The molecule has 0 heteroatoms. The molecular formula is C29H40. The van der Waals surface area contributed by atoms with E-state index in [4.69, 9.17) is 0 Å². The smallest absolute Gasteiger partial charge is 0.0162 e. The molecule has 0 aromatic heterocycles. The van der Waals surface area contributed by atoms with E-state index in [0.717, 1.165) is 36.0 Å². The highest BCUT2D eigenvalue weighted by Crippen LogP contribution is 2.44. The molecule has 0 amide bonds. The van der Waals surface area contributed by atoms with Gasteiger partial charge in [0.2, 0.25) is 0 Å². The molecule has 2 aromatic carbocycles. The molecule has 0 bridgehead atoms. The van der Waals surface area contributed by atoms with Gasteiger partial charge in [0.25, 0.3) is 0 Å². The summed E-state index contributed by atoms with van der Waals surface area (Å²) >= 11 is 0. The van der Waals surface area contributed by atoms with E-state index < -0.39 is 0 Å². The molecule has 2 saturated carbocycles. The highest BCUT2D eigenvalue weighted by atomic mass is 14.4. The van der Waals surface area contributed by atoms with Crippen LogP contribution in [0, 0.1) is 23.7 Å². The van der Waals surface area contributed by atoms with Crippen molar-refractivity contribution in [2.45, 2.75) is 84.5 Å². The van der Waals surface area contributed by atoms with E-state index in [9.17, 15) is 0 Å². The molecule has 0 saturated heterocycles. The van der Waals surface area contributed by atoms with Crippen LogP contribution in [-0.2, 0) is 6.42 Å².